The Morgan fingerprint density at radius 3 is 2.45 bits per heavy atom. The van der Waals surface area contributed by atoms with Crippen molar-refractivity contribution in [3.8, 4) is 0 Å². The highest BCUT2D eigenvalue weighted by Crippen LogP contribution is 1.66. The molecule has 0 aliphatic carbocycles. The molecule has 0 spiro atoms. The zero-order valence-electron chi connectivity index (χ0n) is 6.03. The first-order chi connectivity index (χ1) is 5.18. The second-order valence-corrected chi connectivity index (χ2v) is 1.43. The van der Waals surface area contributed by atoms with Crippen molar-refractivity contribution in [1.29, 1.82) is 0 Å². The first-order valence-electron chi connectivity index (χ1n) is 2.62. The summed E-state index contributed by atoms with van der Waals surface area (Å²) in [6.07, 6.45) is 1.60. The van der Waals surface area contributed by atoms with Gasteiger partial charge >= 0.3 is 17.5 Å². The minimum Gasteiger partial charge on any atom is -0.371 e. The molecular weight excluding hydrogens is 170 g/mol. The molecule has 0 aromatic rings. The van der Waals surface area contributed by atoms with Crippen LogP contribution in [0.4, 0.5) is 0 Å². The summed E-state index contributed by atoms with van der Waals surface area (Å²) in [5.74, 6) is -0.341. The number of rotatable bonds is 3. The van der Waals surface area contributed by atoms with Crippen molar-refractivity contribution in [3.05, 3.63) is 12.7 Å². The highest BCUT2D eigenvalue weighted by Gasteiger charge is 1.85. The molecule has 5 nitrogen and oxygen atoms in total. The van der Waals surface area contributed by atoms with Gasteiger partial charge < -0.3 is 4.84 Å². The fraction of sp³-hybridized carbons (Fsp3) is 0.400. The molecule has 0 saturated heterocycles. The molecule has 0 saturated carbocycles. The molecule has 0 heterocycles. The maximum absolute atomic E-state index is 10.00. The molecule has 0 bridgehead atoms. The van der Waals surface area contributed by atoms with Gasteiger partial charge in [0.15, 0.2) is 0 Å². The van der Waals surface area contributed by atoms with Crippen LogP contribution < -0.4 is 5.48 Å². The third-order valence-electron chi connectivity index (χ3n) is 0.444. The molecule has 0 unspecified atom stereocenters. The minimum atomic E-state index is -0.750. The lowest BCUT2D eigenvalue weighted by atomic mass is 10.7. The summed E-state index contributed by atoms with van der Waals surface area (Å²) in [5.41, 5.74) is 2.37. The van der Waals surface area contributed by atoms with Crippen molar-refractivity contribution in [2.45, 2.75) is 6.92 Å². The highest BCUT2D eigenvalue weighted by molar-refractivity contribution is 7.51. The third kappa shape index (κ3) is 27.6. The summed E-state index contributed by atoms with van der Waals surface area (Å²) in [6, 6.07) is 0. The Hall–Kier alpha value is -1.01. The molecule has 11 heavy (non-hydrogen) atoms. The first kappa shape index (κ1) is 12.6. The van der Waals surface area contributed by atoms with Gasteiger partial charge in [-0.2, -0.15) is 8.42 Å². The van der Waals surface area contributed by atoms with Gasteiger partial charge in [0.1, 0.15) is 0 Å². The van der Waals surface area contributed by atoms with Crippen LogP contribution in [0, 0.1) is 0 Å². The van der Waals surface area contributed by atoms with Gasteiger partial charge in [0, 0.05) is 13.5 Å². The standard InChI is InChI=1S/C5H9NO2.O2S/c1-3-4-6-8-5(2)7;1-3-2/h3,6H,1,4H2,2H3;. The molecule has 0 aromatic heterocycles. The van der Waals surface area contributed by atoms with Crippen LogP contribution in [0.2, 0.25) is 0 Å². The van der Waals surface area contributed by atoms with Gasteiger partial charge in [-0.05, 0) is 0 Å². The van der Waals surface area contributed by atoms with Gasteiger partial charge in [-0.15, -0.1) is 12.1 Å². The lowest BCUT2D eigenvalue weighted by Gasteiger charge is -1.96. The maximum atomic E-state index is 10.00. The monoisotopic (exact) mass is 179 g/mol. The van der Waals surface area contributed by atoms with E-state index in [1.54, 1.807) is 6.08 Å². The Kier molecular flexibility index (Phi) is 13.5. The Morgan fingerprint density at radius 1 is 1.73 bits per heavy atom. The minimum absolute atomic E-state index is 0.341. The molecule has 6 heteroatoms. The zero-order valence-corrected chi connectivity index (χ0v) is 6.85. The van der Waals surface area contributed by atoms with E-state index in [9.17, 15) is 4.79 Å². The maximum Gasteiger partial charge on any atom is 0.335 e. The van der Waals surface area contributed by atoms with Crippen LogP contribution in [0.15, 0.2) is 12.7 Å². The molecule has 0 fully saturated rings. The number of nitrogens with one attached hydrogen (secondary N) is 1. The molecule has 0 amide bonds. The molecular formula is C5H9NO4S. The van der Waals surface area contributed by atoms with Crippen LogP contribution in [-0.2, 0) is 21.2 Å². The molecule has 0 radical (unpaired) electrons. The highest BCUT2D eigenvalue weighted by atomic mass is 32.1. The van der Waals surface area contributed by atoms with Crippen molar-refractivity contribution in [3.63, 3.8) is 0 Å². The number of hydrogen-bond donors (Lipinski definition) is 1. The fourth-order valence-corrected chi connectivity index (χ4v) is 0.202. The topological polar surface area (TPSA) is 72.5 Å². The summed E-state index contributed by atoms with van der Waals surface area (Å²) in [4.78, 5) is 14.3. The van der Waals surface area contributed by atoms with Crippen molar-refractivity contribution < 1.29 is 18.0 Å². The van der Waals surface area contributed by atoms with Crippen LogP contribution in [0.25, 0.3) is 0 Å². The van der Waals surface area contributed by atoms with E-state index < -0.39 is 11.6 Å². The van der Waals surface area contributed by atoms with Gasteiger partial charge in [0.2, 0.25) is 0 Å². The van der Waals surface area contributed by atoms with Gasteiger partial charge in [-0.25, -0.2) is 0 Å². The molecule has 0 aliphatic heterocycles. The number of carbonyl (C=O) groups is 1. The zero-order chi connectivity index (χ0) is 9.11. The summed E-state index contributed by atoms with van der Waals surface area (Å²) < 4.78 is 16.6. The second kappa shape index (κ2) is 11.7. The summed E-state index contributed by atoms with van der Waals surface area (Å²) in [5, 5.41) is 0. The smallest absolute Gasteiger partial charge is 0.335 e. The van der Waals surface area contributed by atoms with E-state index in [0.29, 0.717) is 6.54 Å². The summed E-state index contributed by atoms with van der Waals surface area (Å²) >= 11 is -0.750. The molecule has 0 aromatic carbocycles. The van der Waals surface area contributed by atoms with Crippen LogP contribution in [0.5, 0.6) is 0 Å². The first-order valence-corrected chi connectivity index (χ1v) is 3.28. The van der Waals surface area contributed by atoms with E-state index in [1.165, 1.54) is 6.92 Å². The lowest BCUT2D eigenvalue weighted by Crippen LogP contribution is -2.17. The molecule has 0 aliphatic rings. The van der Waals surface area contributed by atoms with Crippen LogP contribution in [0.1, 0.15) is 6.92 Å². The normalized spacial score (nSPS) is 7.00. The largest absolute Gasteiger partial charge is 0.371 e. The molecule has 1 N–H and O–H groups in total. The van der Waals surface area contributed by atoms with Gasteiger partial charge in [-0.1, -0.05) is 6.08 Å². The third-order valence-corrected chi connectivity index (χ3v) is 0.444. The van der Waals surface area contributed by atoms with E-state index in [4.69, 9.17) is 8.42 Å². The Balaban J connectivity index is 0. The van der Waals surface area contributed by atoms with E-state index in [2.05, 4.69) is 16.9 Å². The van der Waals surface area contributed by atoms with Crippen LogP contribution in [0.3, 0.4) is 0 Å². The Morgan fingerprint density at radius 2 is 2.18 bits per heavy atom. The molecule has 0 rings (SSSR count). The predicted molar refractivity (Wildman–Crippen MR) is 38.9 cm³/mol. The fourth-order valence-electron chi connectivity index (χ4n) is 0.202. The van der Waals surface area contributed by atoms with Crippen molar-refractivity contribution in [2.75, 3.05) is 6.54 Å². The van der Waals surface area contributed by atoms with Crippen molar-refractivity contribution >= 4 is 17.5 Å². The summed E-state index contributed by atoms with van der Waals surface area (Å²) in [7, 11) is 0. The average molecular weight is 179 g/mol. The Labute approximate surface area is 68.0 Å². The van der Waals surface area contributed by atoms with E-state index in [0.717, 1.165) is 0 Å². The number of hydroxylamine groups is 1. The van der Waals surface area contributed by atoms with Gasteiger partial charge in [0.05, 0.1) is 0 Å². The molecule has 0 atom stereocenters. The van der Waals surface area contributed by atoms with Gasteiger partial charge in [0.25, 0.3) is 0 Å². The van der Waals surface area contributed by atoms with Gasteiger partial charge in [-0.3, -0.25) is 4.79 Å². The van der Waals surface area contributed by atoms with Crippen LogP contribution in [-0.4, -0.2) is 20.9 Å². The van der Waals surface area contributed by atoms with E-state index in [1.807, 2.05) is 0 Å². The number of carbonyl (C=O) groups excluding carboxylic acids is 1. The van der Waals surface area contributed by atoms with Crippen molar-refractivity contribution in [2.24, 2.45) is 0 Å². The average Bonchev–Trinajstić information content (AvgIpc) is 1.89. The quantitative estimate of drug-likeness (QED) is 0.361. The van der Waals surface area contributed by atoms with Crippen molar-refractivity contribution in [1.82, 2.24) is 5.48 Å². The van der Waals surface area contributed by atoms with E-state index >= 15 is 0 Å². The predicted octanol–water partition coefficient (Wildman–Crippen LogP) is -0.430. The SMILES string of the molecule is C=CCNOC(C)=O.O=S=O. The lowest BCUT2D eigenvalue weighted by molar-refractivity contribution is -0.147. The Bertz CT molecular complexity index is 153. The summed E-state index contributed by atoms with van der Waals surface area (Å²) in [6.45, 7) is 5.22. The van der Waals surface area contributed by atoms with E-state index in [-0.39, 0.29) is 5.97 Å². The molecule has 64 valence electrons. The van der Waals surface area contributed by atoms with Crippen LogP contribution >= 0.6 is 0 Å². The number of hydrogen-bond acceptors (Lipinski definition) is 5. The second-order valence-electron chi connectivity index (χ2n) is 1.30.